The van der Waals surface area contributed by atoms with E-state index in [1.54, 1.807) is 6.20 Å². The number of nitrogens with zero attached hydrogens (tertiary/aromatic N) is 5. The number of piperidine rings is 1. The summed E-state index contributed by atoms with van der Waals surface area (Å²) in [5.74, 6) is 2.16. The zero-order valence-electron chi connectivity index (χ0n) is 14.8. The zero-order valence-corrected chi connectivity index (χ0v) is 14.8. The molecular formula is C19H22N6O. The number of hydrogen-bond acceptors (Lipinski definition) is 5. The Labute approximate surface area is 152 Å². The average Bonchev–Trinajstić information content (AvgIpc) is 3.11. The van der Waals surface area contributed by atoms with Gasteiger partial charge in [0.05, 0.1) is 5.56 Å². The van der Waals surface area contributed by atoms with Crippen molar-refractivity contribution in [1.29, 1.82) is 0 Å². The number of pyridine rings is 2. The molecule has 3 aromatic heterocycles. The maximum absolute atomic E-state index is 12.8. The van der Waals surface area contributed by atoms with Crippen LogP contribution in [0.1, 0.15) is 29.0 Å². The molecule has 0 saturated carbocycles. The van der Waals surface area contributed by atoms with Gasteiger partial charge in [0.2, 0.25) is 0 Å². The number of aromatic nitrogens is 4. The largest absolute Gasteiger partial charge is 0.373 e. The van der Waals surface area contributed by atoms with Crippen molar-refractivity contribution in [1.82, 2.24) is 24.5 Å². The van der Waals surface area contributed by atoms with E-state index in [1.165, 1.54) is 0 Å². The van der Waals surface area contributed by atoms with Gasteiger partial charge in [0.15, 0.2) is 5.65 Å². The topological polar surface area (TPSA) is 75.4 Å². The summed E-state index contributed by atoms with van der Waals surface area (Å²) in [7, 11) is 1.81. The molecule has 7 nitrogen and oxygen atoms in total. The van der Waals surface area contributed by atoms with Gasteiger partial charge < -0.3 is 10.2 Å². The molecule has 1 saturated heterocycles. The predicted octanol–water partition coefficient (Wildman–Crippen LogP) is 2.26. The number of amides is 1. The van der Waals surface area contributed by atoms with Gasteiger partial charge in [-0.05, 0) is 43.0 Å². The number of nitrogens with one attached hydrogen (secondary N) is 1. The van der Waals surface area contributed by atoms with E-state index in [9.17, 15) is 4.79 Å². The van der Waals surface area contributed by atoms with Crippen molar-refractivity contribution in [3.05, 3.63) is 54.1 Å². The Balaban J connectivity index is 1.45. The fourth-order valence-corrected chi connectivity index (χ4v) is 3.56. The van der Waals surface area contributed by atoms with Gasteiger partial charge in [-0.3, -0.25) is 9.20 Å². The van der Waals surface area contributed by atoms with Crippen molar-refractivity contribution in [3.63, 3.8) is 0 Å². The first-order valence-electron chi connectivity index (χ1n) is 8.96. The van der Waals surface area contributed by atoms with E-state index in [4.69, 9.17) is 0 Å². The van der Waals surface area contributed by atoms with Gasteiger partial charge >= 0.3 is 0 Å². The fraction of sp³-hybridized carbons (Fsp3) is 0.368. The van der Waals surface area contributed by atoms with Crippen LogP contribution in [0.3, 0.4) is 0 Å². The molecule has 26 heavy (non-hydrogen) atoms. The molecule has 0 aliphatic carbocycles. The van der Waals surface area contributed by atoms with Crippen LogP contribution in [0.2, 0.25) is 0 Å². The smallest absolute Gasteiger partial charge is 0.255 e. The lowest BCUT2D eigenvalue weighted by atomic mass is 9.94. The van der Waals surface area contributed by atoms with Crippen LogP contribution in [-0.4, -0.2) is 50.5 Å². The van der Waals surface area contributed by atoms with Gasteiger partial charge in [0, 0.05) is 39.0 Å². The van der Waals surface area contributed by atoms with Crippen molar-refractivity contribution in [2.24, 2.45) is 5.92 Å². The molecule has 1 amide bonds. The lowest BCUT2D eigenvalue weighted by Crippen LogP contribution is -2.40. The number of hydrogen-bond donors (Lipinski definition) is 1. The highest BCUT2D eigenvalue weighted by atomic mass is 16.2. The summed E-state index contributed by atoms with van der Waals surface area (Å²) < 4.78 is 2.03. The predicted molar refractivity (Wildman–Crippen MR) is 99.1 cm³/mol. The van der Waals surface area contributed by atoms with Gasteiger partial charge in [-0.15, -0.1) is 10.2 Å². The molecule has 0 bridgehead atoms. The summed E-state index contributed by atoms with van der Waals surface area (Å²) in [6.45, 7) is 1.54. The first-order valence-corrected chi connectivity index (χ1v) is 8.96. The standard InChI is InChI=1S/C19H22N6O/c1-20-16-8-7-15(12-21-16)19(26)24-9-4-5-14(13-24)11-18-23-22-17-6-2-3-10-25(17)18/h2-3,6-8,10,12,14H,4-5,9,11,13H2,1H3,(H,20,21). The van der Waals surface area contributed by atoms with Crippen molar-refractivity contribution in [2.75, 3.05) is 25.5 Å². The molecule has 1 aliphatic rings. The van der Waals surface area contributed by atoms with Gasteiger partial charge in [-0.1, -0.05) is 6.07 Å². The van der Waals surface area contributed by atoms with E-state index < -0.39 is 0 Å². The Kier molecular flexibility index (Phi) is 4.51. The van der Waals surface area contributed by atoms with Crippen LogP contribution in [0.5, 0.6) is 0 Å². The first kappa shape index (κ1) is 16.5. The highest BCUT2D eigenvalue weighted by Crippen LogP contribution is 2.22. The van der Waals surface area contributed by atoms with Crippen LogP contribution in [0.25, 0.3) is 5.65 Å². The van der Waals surface area contributed by atoms with E-state index >= 15 is 0 Å². The van der Waals surface area contributed by atoms with Crippen LogP contribution in [-0.2, 0) is 6.42 Å². The summed E-state index contributed by atoms with van der Waals surface area (Å²) in [4.78, 5) is 19.0. The molecule has 1 aliphatic heterocycles. The third-order valence-electron chi connectivity index (χ3n) is 4.93. The molecule has 1 unspecified atom stereocenters. The van der Waals surface area contributed by atoms with Gasteiger partial charge in [0.25, 0.3) is 5.91 Å². The van der Waals surface area contributed by atoms with Crippen molar-refractivity contribution >= 4 is 17.4 Å². The second kappa shape index (κ2) is 7.11. The van der Waals surface area contributed by atoms with E-state index in [0.29, 0.717) is 11.5 Å². The monoisotopic (exact) mass is 350 g/mol. The summed E-state index contributed by atoms with van der Waals surface area (Å²) in [6, 6.07) is 9.56. The number of carbonyl (C=O) groups excluding carboxylic acids is 1. The number of carbonyl (C=O) groups is 1. The minimum Gasteiger partial charge on any atom is -0.373 e. The molecule has 134 valence electrons. The molecular weight excluding hydrogens is 328 g/mol. The third-order valence-corrected chi connectivity index (χ3v) is 4.93. The molecule has 0 aromatic carbocycles. The Morgan fingerprint density at radius 3 is 3.00 bits per heavy atom. The second-order valence-corrected chi connectivity index (χ2v) is 6.69. The normalized spacial score (nSPS) is 17.4. The first-order chi connectivity index (χ1) is 12.7. The maximum Gasteiger partial charge on any atom is 0.255 e. The SMILES string of the molecule is CNc1ccc(C(=O)N2CCCC(Cc3nnc4ccccn34)C2)cn1. The quantitative estimate of drug-likeness (QED) is 0.781. The minimum atomic E-state index is 0.0518. The van der Waals surface area contributed by atoms with Crippen molar-refractivity contribution in [2.45, 2.75) is 19.3 Å². The van der Waals surface area contributed by atoms with E-state index in [0.717, 1.165) is 49.6 Å². The molecule has 4 heterocycles. The van der Waals surface area contributed by atoms with Crippen LogP contribution in [0, 0.1) is 5.92 Å². The molecule has 7 heteroatoms. The molecule has 1 N–H and O–H groups in total. The van der Waals surface area contributed by atoms with Crippen LogP contribution in [0.15, 0.2) is 42.7 Å². The van der Waals surface area contributed by atoms with Gasteiger partial charge in [0.1, 0.15) is 11.6 Å². The molecule has 0 spiro atoms. The number of likely N-dealkylation sites (tertiary alicyclic amines) is 1. The number of fused-ring (bicyclic) bond motifs is 1. The highest BCUT2D eigenvalue weighted by Gasteiger charge is 2.26. The fourth-order valence-electron chi connectivity index (χ4n) is 3.56. The summed E-state index contributed by atoms with van der Waals surface area (Å²) in [5, 5.41) is 11.5. The Morgan fingerprint density at radius 1 is 1.27 bits per heavy atom. The maximum atomic E-state index is 12.8. The molecule has 1 atom stereocenters. The summed E-state index contributed by atoms with van der Waals surface area (Å²) >= 11 is 0. The summed E-state index contributed by atoms with van der Waals surface area (Å²) in [5.41, 5.74) is 1.50. The van der Waals surface area contributed by atoms with Crippen molar-refractivity contribution < 1.29 is 4.79 Å². The summed E-state index contributed by atoms with van der Waals surface area (Å²) in [6.07, 6.45) is 6.57. The number of anilines is 1. The third kappa shape index (κ3) is 3.24. The Hall–Kier alpha value is -2.96. The lowest BCUT2D eigenvalue weighted by Gasteiger charge is -2.32. The zero-order chi connectivity index (χ0) is 17.9. The molecule has 0 radical (unpaired) electrons. The minimum absolute atomic E-state index is 0.0518. The van der Waals surface area contributed by atoms with Gasteiger partial charge in [-0.2, -0.15) is 0 Å². The Morgan fingerprint density at radius 2 is 2.19 bits per heavy atom. The number of rotatable bonds is 4. The van der Waals surface area contributed by atoms with E-state index in [-0.39, 0.29) is 5.91 Å². The lowest BCUT2D eigenvalue weighted by molar-refractivity contribution is 0.0671. The van der Waals surface area contributed by atoms with Crippen LogP contribution < -0.4 is 5.32 Å². The molecule has 1 fully saturated rings. The molecule has 3 aromatic rings. The second-order valence-electron chi connectivity index (χ2n) is 6.69. The van der Waals surface area contributed by atoms with Gasteiger partial charge in [-0.25, -0.2) is 4.98 Å². The molecule has 4 rings (SSSR count). The van der Waals surface area contributed by atoms with E-state index in [2.05, 4.69) is 20.5 Å². The highest BCUT2D eigenvalue weighted by molar-refractivity contribution is 5.94. The van der Waals surface area contributed by atoms with Crippen LogP contribution >= 0.6 is 0 Å². The van der Waals surface area contributed by atoms with Crippen molar-refractivity contribution in [3.8, 4) is 0 Å². The van der Waals surface area contributed by atoms with Crippen LogP contribution in [0.4, 0.5) is 5.82 Å². The average molecular weight is 350 g/mol. The van der Waals surface area contributed by atoms with E-state index in [1.807, 2.05) is 52.9 Å². The Bertz CT molecular complexity index is 904.